The molecule has 0 amide bonds. The lowest BCUT2D eigenvalue weighted by molar-refractivity contribution is -0.136. The maximum absolute atomic E-state index is 11.5. The minimum Gasteiger partial charge on any atom is -0.488 e. The molecule has 1 aromatic heterocycles. The van der Waals surface area contributed by atoms with Crippen LogP contribution in [-0.4, -0.2) is 20.9 Å². The Labute approximate surface area is 238 Å². The third-order valence-corrected chi connectivity index (χ3v) is 6.80. The molecule has 5 rings (SSSR count). The van der Waals surface area contributed by atoms with E-state index in [0.29, 0.717) is 39.2 Å². The molecule has 0 aliphatic carbocycles. The molecule has 0 saturated carbocycles. The molecule has 0 radical (unpaired) electrons. The highest BCUT2D eigenvalue weighted by atomic mass is 79.9. The molecule has 1 N–H and O–H groups in total. The van der Waals surface area contributed by atoms with Gasteiger partial charge in [0.1, 0.15) is 12.4 Å². The third-order valence-electron chi connectivity index (χ3n) is 5.84. The van der Waals surface area contributed by atoms with E-state index < -0.39 is 5.97 Å². The summed E-state index contributed by atoms with van der Waals surface area (Å²) in [4.78, 5) is 11.5. The van der Waals surface area contributed by atoms with E-state index in [4.69, 9.17) is 33.0 Å². The molecule has 0 saturated heterocycles. The van der Waals surface area contributed by atoms with E-state index >= 15 is 0 Å². The van der Waals surface area contributed by atoms with E-state index in [2.05, 4.69) is 15.9 Å². The van der Waals surface area contributed by atoms with E-state index in [-0.39, 0.29) is 6.42 Å². The van der Waals surface area contributed by atoms with Crippen molar-refractivity contribution >= 4 is 45.1 Å². The summed E-state index contributed by atoms with van der Waals surface area (Å²) in [5.74, 6) is -0.335. The number of carboxylic acids is 1. The quantitative estimate of drug-likeness (QED) is 0.192. The van der Waals surface area contributed by atoms with Gasteiger partial charge in [0.25, 0.3) is 0 Å². The molecular formula is C30H21BrCl2N2O3. The van der Waals surface area contributed by atoms with Gasteiger partial charge in [-0.3, -0.25) is 4.79 Å². The van der Waals surface area contributed by atoms with Gasteiger partial charge in [-0.15, -0.1) is 0 Å². The molecule has 5 nitrogen and oxygen atoms in total. The number of carbonyl (C=O) groups is 1. The fourth-order valence-electron chi connectivity index (χ4n) is 4.15. The van der Waals surface area contributed by atoms with Gasteiger partial charge in [-0.25, -0.2) is 4.68 Å². The molecule has 0 aliphatic rings. The van der Waals surface area contributed by atoms with Gasteiger partial charge in [0, 0.05) is 25.6 Å². The summed E-state index contributed by atoms with van der Waals surface area (Å²) < 4.78 is 8.97. The molecule has 8 heteroatoms. The molecule has 190 valence electrons. The number of ether oxygens (including phenoxy) is 1. The van der Waals surface area contributed by atoms with Gasteiger partial charge in [-0.05, 0) is 71.8 Å². The van der Waals surface area contributed by atoms with Crippen molar-refractivity contribution in [1.29, 1.82) is 0 Å². The first-order valence-electron chi connectivity index (χ1n) is 11.7. The van der Waals surface area contributed by atoms with Crippen LogP contribution in [0.2, 0.25) is 10.0 Å². The van der Waals surface area contributed by atoms with E-state index in [1.165, 1.54) is 0 Å². The summed E-state index contributed by atoms with van der Waals surface area (Å²) >= 11 is 16.0. The summed E-state index contributed by atoms with van der Waals surface area (Å²) in [5.41, 5.74) is 5.45. The zero-order chi connectivity index (χ0) is 26.6. The molecule has 0 bridgehead atoms. The summed E-state index contributed by atoms with van der Waals surface area (Å²) in [6.45, 7) is 0.291. The Morgan fingerprint density at radius 2 is 1.63 bits per heavy atom. The van der Waals surface area contributed by atoms with Crippen molar-refractivity contribution in [3.05, 3.63) is 123 Å². The Morgan fingerprint density at radius 1 is 0.868 bits per heavy atom. The maximum Gasteiger partial charge on any atom is 0.307 e. The Balaban J connectivity index is 1.63. The SMILES string of the molecule is O=C(O)Cc1ccc(OCc2cccc(Cl)c2)c(-c2cc(-c3cccc(Br)c3)n(-c3cccc(Cl)c3)n2)c1. The van der Waals surface area contributed by atoms with Crippen LogP contribution in [0.15, 0.2) is 102 Å². The molecule has 4 aromatic carbocycles. The molecule has 0 spiro atoms. The first-order valence-corrected chi connectivity index (χ1v) is 13.2. The largest absolute Gasteiger partial charge is 0.488 e. The lowest BCUT2D eigenvalue weighted by atomic mass is 10.0. The predicted octanol–water partition coefficient (Wildman–Crippen LogP) is 8.48. The van der Waals surface area contributed by atoms with E-state index in [1.54, 1.807) is 12.1 Å². The topological polar surface area (TPSA) is 64.3 Å². The van der Waals surface area contributed by atoms with Gasteiger partial charge in [-0.2, -0.15) is 5.10 Å². The van der Waals surface area contributed by atoms with Crippen LogP contribution >= 0.6 is 39.1 Å². The highest BCUT2D eigenvalue weighted by molar-refractivity contribution is 9.10. The fraction of sp³-hybridized carbons (Fsp3) is 0.0667. The molecule has 1 heterocycles. The smallest absolute Gasteiger partial charge is 0.307 e. The van der Waals surface area contributed by atoms with Gasteiger partial charge >= 0.3 is 5.97 Å². The number of hydrogen-bond donors (Lipinski definition) is 1. The van der Waals surface area contributed by atoms with Crippen LogP contribution in [0, 0.1) is 0 Å². The number of aliphatic carboxylic acids is 1. The van der Waals surface area contributed by atoms with Gasteiger partial charge in [0.15, 0.2) is 0 Å². The van der Waals surface area contributed by atoms with Crippen molar-refractivity contribution in [2.24, 2.45) is 0 Å². The first-order chi connectivity index (χ1) is 18.4. The van der Waals surface area contributed by atoms with Crippen LogP contribution in [0.3, 0.4) is 0 Å². The first kappa shape index (κ1) is 26.0. The molecule has 38 heavy (non-hydrogen) atoms. The molecule has 5 aromatic rings. The van der Waals surface area contributed by atoms with Crippen LogP contribution < -0.4 is 4.74 Å². The predicted molar refractivity (Wildman–Crippen MR) is 154 cm³/mol. The Morgan fingerprint density at radius 3 is 2.37 bits per heavy atom. The maximum atomic E-state index is 11.5. The number of rotatable bonds is 8. The van der Waals surface area contributed by atoms with Crippen molar-refractivity contribution < 1.29 is 14.6 Å². The Hall–Kier alpha value is -3.58. The second-order valence-corrected chi connectivity index (χ2v) is 10.4. The van der Waals surface area contributed by atoms with Crippen molar-refractivity contribution in [3.8, 4) is 34.0 Å². The van der Waals surface area contributed by atoms with E-state index in [9.17, 15) is 9.90 Å². The lowest BCUT2D eigenvalue weighted by Gasteiger charge is -2.12. The van der Waals surface area contributed by atoms with Crippen molar-refractivity contribution in [2.75, 3.05) is 0 Å². The lowest BCUT2D eigenvalue weighted by Crippen LogP contribution is -2.03. The van der Waals surface area contributed by atoms with Crippen LogP contribution in [0.4, 0.5) is 0 Å². The second kappa shape index (κ2) is 11.4. The second-order valence-electron chi connectivity index (χ2n) is 8.64. The summed E-state index contributed by atoms with van der Waals surface area (Å²) in [6.07, 6.45) is -0.116. The molecule has 0 atom stereocenters. The number of carboxylic acid groups (broad SMARTS) is 1. The Kier molecular flexibility index (Phi) is 7.84. The Bertz CT molecular complexity index is 1570. The van der Waals surface area contributed by atoms with Crippen LogP contribution in [0.25, 0.3) is 28.2 Å². The zero-order valence-electron chi connectivity index (χ0n) is 19.9. The number of aromatic nitrogens is 2. The van der Waals surface area contributed by atoms with Gasteiger partial charge in [0.05, 0.1) is 23.5 Å². The van der Waals surface area contributed by atoms with E-state index in [1.807, 2.05) is 89.6 Å². The van der Waals surface area contributed by atoms with Crippen LogP contribution in [-0.2, 0) is 17.8 Å². The number of nitrogens with zero attached hydrogens (tertiary/aromatic N) is 2. The molecule has 0 aliphatic heterocycles. The average Bonchev–Trinajstić information content (AvgIpc) is 3.33. The molecule has 0 fully saturated rings. The fourth-order valence-corrected chi connectivity index (χ4v) is 4.94. The summed E-state index contributed by atoms with van der Waals surface area (Å²) in [7, 11) is 0. The normalized spacial score (nSPS) is 10.9. The van der Waals surface area contributed by atoms with Gasteiger partial charge in [0.2, 0.25) is 0 Å². The number of halogens is 3. The summed E-state index contributed by atoms with van der Waals surface area (Å²) in [6, 6.07) is 30.2. The van der Waals surface area contributed by atoms with Crippen molar-refractivity contribution in [1.82, 2.24) is 9.78 Å². The standard InChI is InChI=1S/C30H21BrCl2N2O3/c31-22-6-2-5-21(15-22)28-17-27(34-35(28)25-9-3-8-24(33)16-25)26-13-19(14-30(36)37)10-11-29(26)38-18-20-4-1-7-23(32)12-20/h1-13,15-17H,14,18H2,(H,36,37). The van der Waals surface area contributed by atoms with Crippen LogP contribution in [0.1, 0.15) is 11.1 Å². The third kappa shape index (κ3) is 6.10. The van der Waals surface area contributed by atoms with Gasteiger partial charge < -0.3 is 9.84 Å². The van der Waals surface area contributed by atoms with Crippen LogP contribution in [0.5, 0.6) is 5.75 Å². The number of hydrogen-bond acceptors (Lipinski definition) is 3. The van der Waals surface area contributed by atoms with E-state index in [0.717, 1.165) is 27.0 Å². The highest BCUT2D eigenvalue weighted by Gasteiger charge is 2.18. The monoisotopic (exact) mass is 606 g/mol. The average molecular weight is 608 g/mol. The van der Waals surface area contributed by atoms with Crippen molar-refractivity contribution in [2.45, 2.75) is 13.0 Å². The number of benzene rings is 4. The molecule has 0 unspecified atom stereocenters. The summed E-state index contributed by atoms with van der Waals surface area (Å²) in [5, 5.41) is 15.6. The minimum atomic E-state index is -0.914. The van der Waals surface area contributed by atoms with Crippen molar-refractivity contribution in [3.63, 3.8) is 0 Å². The molecular weight excluding hydrogens is 587 g/mol. The minimum absolute atomic E-state index is 0.116. The van der Waals surface area contributed by atoms with Gasteiger partial charge in [-0.1, -0.05) is 75.5 Å². The zero-order valence-corrected chi connectivity index (χ0v) is 23.0. The highest BCUT2D eigenvalue weighted by Crippen LogP contribution is 2.36.